The van der Waals surface area contributed by atoms with Gasteiger partial charge in [-0.15, -0.1) is 0 Å². The van der Waals surface area contributed by atoms with Crippen molar-refractivity contribution in [2.24, 2.45) is 0 Å². The van der Waals surface area contributed by atoms with Crippen LogP contribution in [0.2, 0.25) is 0 Å². The normalized spacial score (nSPS) is 14.3. The van der Waals surface area contributed by atoms with Gasteiger partial charge in [0.2, 0.25) is 10.0 Å². The molecule has 0 fully saturated rings. The van der Waals surface area contributed by atoms with Gasteiger partial charge in [-0.1, -0.05) is 6.07 Å². The fourth-order valence-corrected chi connectivity index (χ4v) is 3.50. The van der Waals surface area contributed by atoms with Gasteiger partial charge in [0.1, 0.15) is 16.5 Å². The lowest BCUT2D eigenvalue weighted by Crippen LogP contribution is -2.31. The van der Waals surface area contributed by atoms with E-state index in [-0.39, 0.29) is 4.90 Å². The number of hydrogen-bond acceptors (Lipinski definition) is 5. The first-order valence-electron chi connectivity index (χ1n) is 7.92. The van der Waals surface area contributed by atoms with Crippen molar-refractivity contribution in [3.05, 3.63) is 47.7 Å². The van der Waals surface area contributed by atoms with Crippen molar-refractivity contribution < 1.29 is 13.2 Å². The van der Waals surface area contributed by atoms with E-state index >= 15 is 0 Å². The standard InChI is InChI=1S/C17H21N3O3S/c1-3-23-15-5-4-13-8-9-20(12-14(13)10-15)17-7-6-16(11-19-17)24(21,22)18-2/h4-7,10-11,18H,3,8-9,12H2,1-2H3. The van der Waals surface area contributed by atoms with Crippen LogP contribution in [0, 0.1) is 0 Å². The lowest BCUT2D eigenvalue weighted by atomic mass is 9.99. The van der Waals surface area contributed by atoms with Gasteiger partial charge in [-0.2, -0.15) is 0 Å². The highest BCUT2D eigenvalue weighted by Crippen LogP contribution is 2.26. The first-order valence-corrected chi connectivity index (χ1v) is 9.41. The molecule has 1 aliphatic heterocycles. The van der Waals surface area contributed by atoms with E-state index in [0.29, 0.717) is 6.61 Å². The van der Waals surface area contributed by atoms with Crippen molar-refractivity contribution in [1.82, 2.24) is 9.71 Å². The van der Waals surface area contributed by atoms with E-state index in [1.807, 2.05) is 13.0 Å². The van der Waals surface area contributed by atoms with Gasteiger partial charge in [0.25, 0.3) is 0 Å². The Balaban J connectivity index is 1.81. The summed E-state index contributed by atoms with van der Waals surface area (Å²) in [5.41, 5.74) is 2.55. The summed E-state index contributed by atoms with van der Waals surface area (Å²) in [5, 5.41) is 0. The van der Waals surface area contributed by atoms with Crippen molar-refractivity contribution in [2.75, 3.05) is 25.1 Å². The number of fused-ring (bicyclic) bond motifs is 1. The zero-order valence-corrected chi connectivity index (χ0v) is 14.6. The van der Waals surface area contributed by atoms with Crippen LogP contribution in [0.25, 0.3) is 0 Å². The molecule has 0 saturated heterocycles. The maximum Gasteiger partial charge on any atom is 0.241 e. The number of anilines is 1. The molecule has 1 aromatic heterocycles. The predicted molar refractivity (Wildman–Crippen MR) is 92.8 cm³/mol. The summed E-state index contributed by atoms with van der Waals surface area (Å²) >= 11 is 0. The maximum atomic E-state index is 11.8. The Kier molecular flexibility index (Phi) is 4.73. The molecule has 0 unspecified atom stereocenters. The average Bonchev–Trinajstić information content (AvgIpc) is 2.61. The highest BCUT2D eigenvalue weighted by atomic mass is 32.2. The SMILES string of the molecule is CCOc1ccc2c(c1)CN(c1ccc(S(=O)(=O)NC)cn1)CC2. The van der Waals surface area contributed by atoms with E-state index in [1.165, 1.54) is 24.4 Å². The summed E-state index contributed by atoms with van der Waals surface area (Å²) in [4.78, 5) is 6.64. The van der Waals surface area contributed by atoms with Gasteiger partial charge >= 0.3 is 0 Å². The van der Waals surface area contributed by atoms with Crippen LogP contribution in [0.15, 0.2) is 41.4 Å². The van der Waals surface area contributed by atoms with Crippen LogP contribution in [0.1, 0.15) is 18.1 Å². The van der Waals surface area contributed by atoms with Gasteiger partial charge in [-0.25, -0.2) is 18.1 Å². The summed E-state index contributed by atoms with van der Waals surface area (Å²) in [7, 11) is -2.06. The van der Waals surface area contributed by atoms with Crippen molar-refractivity contribution in [3.8, 4) is 5.75 Å². The molecule has 3 rings (SSSR count). The largest absolute Gasteiger partial charge is 0.494 e. The van der Waals surface area contributed by atoms with Gasteiger partial charge in [0, 0.05) is 19.3 Å². The van der Waals surface area contributed by atoms with Crippen LogP contribution in [0.3, 0.4) is 0 Å². The molecule has 0 spiro atoms. The van der Waals surface area contributed by atoms with Gasteiger partial charge in [0.15, 0.2) is 0 Å². The van der Waals surface area contributed by atoms with Crippen molar-refractivity contribution in [3.63, 3.8) is 0 Å². The molecule has 0 aliphatic carbocycles. The van der Waals surface area contributed by atoms with Gasteiger partial charge < -0.3 is 9.64 Å². The number of aromatic nitrogens is 1. The fraction of sp³-hybridized carbons (Fsp3) is 0.353. The third-order valence-corrected chi connectivity index (χ3v) is 5.52. The maximum absolute atomic E-state index is 11.8. The summed E-state index contributed by atoms with van der Waals surface area (Å²) in [6.45, 7) is 4.20. The Labute approximate surface area is 142 Å². The monoisotopic (exact) mass is 347 g/mol. The van der Waals surface area contributed by atoms with Crippen molar-refractivity contribution in [1.29, 1.82) is 0 Å². The second-order valence-electron chi connectivity index (χ2n) is 5.59. The van der Waals surface area contributed by atoms with E-state index in [2.05, 4.69) is 26.7 Å². The average molecular weight is 347 g/mol. The van der Waals surface area contributed by atoms with E-state index < -0.39 is 10.0 Å². The lowest BCUT2D eigenvalue weighted by molar-refractivity contribution is 0.339. The number of sulfonamides is 1. The first kappa shape index (κ1) is 16.7. The number of hydrogen-bond donors (Lipinski definition) is 1. The fourth-order valence-electron chi connectivity index (χ4n) is 2.82. The Morgan fingerprint density at radius 2 is 2.08 bits per heavy atom. The minimum atomic E-state index is -3.45. The summed E-state index contributed by atoms with van der Waals surface area (Å²) < 4.78 is 31.4. The zero-order valence-electron chi connectivity index (χ0n) is 13.8. The van der Waals surface area contributed by atoms with E-state index in [4.69, 9.17) is 4.74 Å². The molecule has 2 heterocycles. The smallest absolute Gasteiger partial charge is 0.241 e. The van der Waals surface area contributed by atoms with Crippen LogP contribution < -0.4 is 14.4 Å². The molecule has 0 bridgehead atoms. The minimum absolute atomic E-state index is 0.171. The van der Waals surface area contributed by atoms with E-state index in [1.54, 1.807) is 12.1 Å². The molecule has 6 nitrogen and oxygen atoms in total. The molecule has 24 heavy (non-hydrogen) atoms. The number of benzene rings is 1. The number of ether oxygens (including phenoxy) is 1. The Hall–Kier alpha value is -2.12. The van der Waals surface area contributed by atoms with Crippen LogP contribution in [0.5, 0.6) is 5.75 Å². The topological polar surface area (TPSA) is 71.5 Å². The van der Waals surface area contributed by atoms with Crippen LogP contribution in [0.4, 0.5) is 5.82 Å². The third-order valence-electron chi connectivity index (χ3n) is 4.12. The summed E-state index contributed by atoms with van der Waals surface area (Å²) in [6, 6.07) is 9.54. The van der Waals surface area contributed by atoms with Crippen LogP contribution in [-0.4, -0.2) is 33.6 Å². The lowest BCUT2D eigenvalue weighted by Gasteiger charge is -2.30. The first-order chi connectivity index (χ1) is 11.5. The Morgan fingerprint density at radius 1 is 1.25 bits per heavy atom. The summed E-state index contributed by atoms with van der Waals surface area (Å²) in [6.07, 6.45) is 2.33. The molecular weight excluding hydrogens is 326 g/mol. The van der Waals surface area contributed by atoms with Gasteiger partial charge in [-0.05, 0) is 55.8 Å². The summed E-state index contributed by atoms with van der Waals surface area (Å²) in [5.74, 6) is 1.65. The zero-order chi connectivity index (χ0) is 17.2. The highest BCUT2D eigenvalue weighted by Gasteiger charge is 2.19. The molecule has 128 valence electrons. The molecule has 1 aromatic carbocycles. The van der Waals surface area contributed by atoms with Crippen molar-refractivity contribution in [2.45, 2.75) is 24.8 Å². The third kappa shape index (κ3) is 3.37. The minimum Gasteiger partial charge on any atom is -0.494 e. The molecule has 0 atom stereocenters. The second kappa shape index (κ2) is 6.78. The Morgan fingerprint density at radius 3 is 2.75 bits per heavy atom. The molecular formula is C17H21N3O3S. The number of rotatable bonds is 5. The van der Waals surface area contributed by atoms with Gasteiger partial charge in [-0.3, -0.25) is 0 Å². The molecule has 0 amide bonds. The molecule has 1 N–H and O–H groups in total. The van der Waals surface area contributed by atoms with E-state index in [9.17, 15) is 8.42 Å². The number of nitrogens with zero attached hydrogens (tertiary/aromatic N) is 2. The quantitative estimate of drug-likeness (QED) is 0.895. The van der Waals surface area contributed by atoms with Gasteiger partial charge in [0.05, 0.1) is 6.61 Å². The molecule has 0 saturated carbocycles. The van der Waals surface area contributed by atoms with Crippen LogP contribution in [-0.2, 0) is 23.0 Å². The molecule has 0 radical (unpaired) electrons. The molecule has 7 heteroatoms. The second-order valence-corrected chi connectivity index (χ2v) is 7.48. The predicted octanol–water partition coefficient (Wildman–Crippen LogP) is 1.95. The molecule has 2 aromatic rings. The van der Waals surface area contributed by atoms with Crippen molar-refractivity contribution >= 4 is 15.8 Å². The molecule has 1 aliphatic rings. The Bertz CT molecular complexity index is 819. The number of nitrogens with one attached hydrogen (secondary N) is 1. The number of pyridine rings is 1. The highest BCUT2D eigenvalue weighted by molar-refractivity contribution is 7.89. The van der Waals surface area contributed by atoms with E-state index in [0.717, 1.165) is 31.1 Å². The van der Waals surface area contributed by atoms with Crippen LogP contribution >= 0.6 is 0 Å².